The number of aliphatic imine (C=N–C) groups is 1. The second kappa shape index (κ2) is 15.8. The van der Waals surface area contributed by atoms with Crippen molar-refractivity contribution in [1.29, 1.82) is 0 Å². The van der Waals surface area contributed by atoms with Crippen molar-refractivity contribution >= 4 is 47.1 Å². The topological polar surface area (TPSA) is 99.1 Å². The summed E-state index contributed by atoms with van der Waals surface area (Å²) in [5.74, 6) is -0.866. The number of nitrogens with one attached hydrogen (secondary N) is 1. The highest BCUT2D eigenvalue weighted by Gasteiger charge is 2.47. The minimum atomic E-state index is -0.755. The van der Waals surface area contributed by atoms with E-state index < -0.39 is 11.6 Å². The molecule has 9 heteroatoms. The monoisotopic (exact) mass is 575 g/mol. The van der Waals surface area contributed by atoms with Gasteiger partial charge in [0, 0.05) is 27.7 Å². The van der Waals surface area contributed by atoms with E-state index in [4.69, 9.17) is 33.3 Å². The molecule has 1 heterocycles. The summed E-state index contributed by atoms with van der Waals surface area (Å²) < 4.78 is 0. The zero-order valence-electron chi connectivity index (χ0n) is 23.2. The molecule has 0 spiro atoms. The molecule has 1 amide bonds. The Bertz CT molecular complexity index is 1130. The lowest BCUT2D eigenvalue weighted by Gasteiger charge is -2.39. The highest BCUT2D eigenvalue weighted by Crippen LogP contribution is 2.41. The average Bonchev–Trinajstić information content (AvgIpc) is 3.16. The Balaban J connectivity index is 0.000000673. The van der Waals surface area contributed by atoms with Gasteiger partial charge in [0.05, 0.1) is 12.5 Å². The van der Waals surface area contributed by atoms with Gasteiger partial charge in [-0.2, -0.15) is 0 Å². The minimum Gasteiger partial charge on any atom is -0.481 e. The maximum absolute atomic E-state index is 13.8. The van der Waals surface area contributed by atoms with Crippen molar-refractivity contribution in [2.24, 2.45) is 4.99 Å². The average molecular weight is 577 g/mol. The van der Waals surface area contributed by atoms with E-state index in [-0.39, 0.29) is 18.4 Å². The molecule has 0 fully saturated rings. The van der Waals surface area contributed by atoms with Crippen LogP contribution in [0.3, 0.4) is 0 Å². The molecule has 0 aromatic heterocycles. The first-order valence-electron chi connectivity index (χ1n) is 13.4. The Labute approximate surface area is 241 Å². The number of carbonyl (C=O) groups is 3. The third kappa shape index (κ3) is 9.16. The number of halogens is 2. The Morgan fingerprint density at radius 1 is 1.10 bits per heavy atom. The summed E-state index contributed by atoms with van der Waals surface area (Å²) in [6, 6.07) is 12.5. The molecule has 1 aliphatic heterocycles. The molecule has 2 unspecified atom stereocenters. The fraction of sp³-hybridized carbons (Fsp3) is 0.467. The second-order valence-electron chi connectivity index (χ2n) is 9.80. The van der Waals surface area contributed by atoms with Crippen LogP contribution >= 0.6 is 23.2 Å². The summed E-state index contributed by atoms with van der Waals surface area (Å²) in [6.07, 6.45) is 6.68. The summed E-state index contributed by atoms with van der Waals surface area (Å²) in [5.41, 5.74) is 2.00. The van der Waals surface area contributed by atoms with Gasteiger partial charge in [-0.15, -0.1) is 0 Å². The number of nitrogens with zero attached hydrogens (tertiary/aromatic N) is 2. The van der Waals surface area contributed by atoms with Crippen LogP contribution in [-0.4, -0.2) is 53.1 Å². The summed E-state index contributed by atoms with van der Waals surface area (Å²) in [4.78, 5) is 41.6. The van der Waals surface area contributed by atoms with Crippen LogP contribution in [0.15, 0.2) is 47.5 Å². The lowest BCUT2D eigenvalue weighted by molar-refractivity contribution is -0.137. The van der Waals surface area contributed by atoms with Crippen molar-refractivity contribution in [3.63, 3.8) is 0 Å². The summed E-state index contributed by atoms with van der Waals surface area (Å²) in [6.45, 7) is 6.87. The number of unbranched alkanes of at least 4 members (excludes halogenated alkanes) is 2. The summed E-state index contributed by atoms with van der Waals surface area (Å²) >= 11 is 12.5. The molecule has 0 bridgehead atoms. The standard InChI is InChI=1S/C26H30Cl2N2O2.C4H9NO2/c1-4-6-7-13-26(3)29-24(20-14-21(27)16-22(28)15-20)25(32)30(26)23(8-5-2)19-11-9-18(17-31)10-12-19;1-5-3-2-4(6)7/h9-12,14-17,23H,4-8,13H2,1-3H3;5H,2-3H2,1H3,(H,6,7). The lowest BCUT2D eigenvalue weighted by Crippen LogP contribution is -2.47. The fourth-order valence-electron chi connectivity index (χ4n) is 4.66. The molecule has 0 aliphatic carbocycles. The van der Waals surface area contributed by atoms with Gasteiger partial charge in [-0.05, 0) is 57.0 Å². The van der Waals surface area contributed by atoms with Crippen LogP contribution in [0, 0.1) is 0 Å². The van der Waals surface area contributed by atoms with E-state index in [1.807, 2.05) is 24.0 Å². The number of hydrogen-bond donors (Lipinski definition) is 2. The van der Waals surface area contributed by atoms with Crippen molar-refractivity contribution in [2.75, 3.05) is 13.6 Å². The number of aldehydes is 1. The molecule has 0 radical (unpaired) electrons. The van der Waals surface area contributed by atoms with Crippen LogP contribution in [0.25, 0.3) is 0 Å². The van der Waals surface area contributed by atoms with Crippen molar-refractivity contribution in [2.45, 2.75) is 77.4 Å². The Kier molecular flexibility index (Phi) is 13.1. The zero-order chi connectivity index (χ0) is 29.0. The smallest absolute Gasteiger partial charge is 0.304 e. The Morgan fingerprint density at radius 2 is 1.74 bits per heavy atom. The fourth-order valence-corrected chi connectivity index (χ4v) is 5.19. The Hall–Kier alpha value is -2.74. The number of carboxylic acid groups (broad SMARTS) is 1. The number of aliphatic carboxylic acids is 1. The quantitative estimate of drug-likeness (QED) is 0.199. The third-order valence-electron chi connectivity index (χ3n) is 6.60. The van der Waals surface area contributed by atoms with Gasteiger partial charge in [-0.1, -0.05) is 80.6 Å². The van der Waals surface area contributed by atoms with Crippen LogP contribution in [0.5, 0.6) is 0 Å². The molecule has 7 nitrogen and oxygen atoms in total. The SMILES string of the molecule is CCCCCC1(C)N=C(c2cc(Cl)cc(Cl)c2)C(=O)N1C(CCC)c1ccc(C=O)cc1.CNCCC(=O)O. The summed E-state index contributed by atoms with van der Waals surface area (Å²) in [7, 11) is 1.73. The van der Waals surface area contributed by atoms with Crippen LogP contribution < -0.4 is 5.32 Å². The number of benzene rings is 2. The van der Waals surface area contributed by atoms with Gasteiger partial charge in [-0.25, -0.2) is 0 Å². The van der Waals surface area contributed by atoms with Gasteiger partial charge in [0.1, 0.15) is 17.7 Å². The van der Waals surface area contributed by atoms with Crippen molar-refractivity contribution in [3.8, 4) is 0 Å². The summed E-state index contributed by atoms with van der Waals surface area (Å²) in [5, 5.41) is 11.7. The molecular weight excluding hydrogens is 537 g/mol. The molecule has 212 valence electrons. The third-order valence-corrected chi connectivity index (χ3v) is 7.04. The predicted octanol–water partition coefficient (Wildman–Crippen LogP) is 6.96. The first kappa shape index (κ1) is 32.5. The number of carbonyl (C=O) groups excluding carboxylic acids is 2. The largest absolute Gasteiger partial charge is 0.481 e. The molecule has 39 heavy (non-hydrogen) atoms. The Morgan fingerprint density at radius 3 is 2.23 bits per heavy atom. The first-order chi connectivity index (χ1) is 18.6. The molecule has 2 aromatic carbocycles. The lowest BCUT2D eigenvalue weighted by atomic mass is 9.94. The molecule has 3 rings (SSSR count). The van der Waals surface area contributed by atoms with Gasteiger partial charge < -0.3 is 15.3 Å². The van der Waals surface area contributed by atoms with E-state index in [1.165, 1.54) is 0 Å². The molecule has 0 saturated heterocycles. The van der Waals surface area contributed by atoms with E-state index in [0.29, 0.717) is 33.4 Å². The minimum absolute atomic E-state index is 0.111. The highest BCUT2D eigenvalue weighted by molar-refractivity contribution is 6.47. The molecule has 2 N–H and O–H groups in total. The van der Waals surface area contributed by atoms with Crippen LogP contribution in [-0.2, 0) is 9.59 Å². The molecular formula is C30H39Cl2N3O4. The van der Waals surface area contributed by atoms with Crippen LogP contribution in [0.1, 0.15) is 93.2 Å². The molecule has 1 aliphatic rings. The van der Waals surface area contributed by atoms with Crippen molar-refractivity contribution in [1.82, 2.24) is 10.2 Å². The van der Waals surface area contributed by atoms with Gasteiger partial charge >= 0.3 is 5.97 Å². The van der Waals surface area contributed by atoms with E-state index in [9.17, 15) is 14.4 Å². The van der Waals surface area contributed by atoms with Gasteiger partial charge in [0.2, 0.25) is 0 Å². The molecule has 0 saturated carbocycles. The van der Waals surface area contributed by atoms with Gasteiger partial charge in [0.15, 0.2) is 0 Å². The van der Waals surface area contributed by atoms with Gasteiger partial charge in [0.25, 0.3) is 5.91 Å². The number of amides is 1. The van der Waals surface area contributed by atoms with E-state index in [0.717, 1.165) is 50.4 Å². The highest BCUT2D eigenvalue weighted by atomic mass is 35.5. The van der Waals surface area contributed by atoms with E-state index >= 15 is 0 Å². The van der Waals surface area contributed by atoms with Crippen molar-refractivity contribution < 1.29 is 19.5 Å². The van der Waals surface area contributed by atoms with Crippen LogP contribution in [0.4, 0.5) is 0 Å². The first-order valence-corrected chi connectivity index (χ1v) is 14.2. The number of rotatable bonds is 13. The van der Waals surface area contributed by atoms with Crippen LogP contribution in [0.2, 0.25) is 10.0 Å². The normalized spacial score (nSPS) is 17.3. The zero-order valence-corrected chi connectivity index (χ0v) is 24.7. The van der Waals surface area contributed by atoms with Crippen molar-refractivity contribution in [3.05, 3.63) is 69.2 Å². The van der Waals surface area contributed by atoms with E-state index in [2.05, 4.69) is 19.2 Å². The molecule has 2 aromatic rings. The van der Waals surface area contributed by atoms with E-state index in [1.54, 1.807) is 37.4 Å². The molecule has 2 atom stereocenters. The number of carboxylic acids is 1. The maximum atomic E-state index is 13.8. The maximum Gasteiger partial charge on any atom is 0.304 e. The second-order valence-corrected chi connectivity index (χ2v) is 10.7. The predicted molar refractivity (Wildman–Crippen MR) is 158 cm³/mol. The van der Waals surface area contributed by atoms with Gasteiger partial charge in [-0.3, -0.25) is 19.4 Å². The number of hydrogen-bond acceptors (Lipinski definition) is 5.